The quantitative estimate of drug-likeness (QED) is 0.407. The van der Waals surface area contributed by atoms with Crippen LogP contribution in [0.5, 0.6) is 11.5 Å². The Morgan fingerprint density at radius 3 is 2.41 bits per heavy atom. The Hall–Kier alpha value is -3.28. The van der Waals surface area contributed by atoms with Gasteiger partial charge >= 0.3 is 0 Å². The zero-order chi connectivity index (χ0) is 21.8. The molecular weight excluding hydrogens is 447 g/mol. The second-order valence-corrected chi connectivity index (χ2v) is 7.46. The first-order valence-electron chi connectivity index (χ1n) is 9.77. The van der Waals surface area contributed by atoms with Crippen LogP contribution < -0.4 is 14.5 Å². The summed E-state index contributed by atoms with van der Waals surface area (Å²) in [4.78, 5) is 12.9. The second kappa shape index (κ2) is 10.4. The lowest BCUT2D eigenvalue weighted by Gasteiger charge is -2.12. The number of amides is 1. The molecule has 0 N–H and O–H groups in total. The standard InChI is InChI=1S/C25H21ClN2O3.ClH/c1-17-22(25(29)28(27-17)21-6-4-3-5-7-21)14-19-10-13-23(24(15-19)30-2)31-16-18-8-11-20(26)12-9-18;/h3-15H,16H2,1-2H3;1H/b22-14-;. The number of carbonyl (C=O) groups is 1. The van der Waals surface area contributed by atoms with Gasteiger partial charge in [-0.1, -0.05) is 48.0 Å². The lowest BCUT2D eigenvalue weighted by atomic mass is 10.1. The molecule has 164 valence electrons. The molecule has 1 aliphatic rings. The van der Waals surface area contributed by atoms with Crippen LogP contribution in [-0.4, -0.2) is 18.7 Å². The number of anilines is 1. The summed E-state index contributed by atoms with van der Waals surface area (Å²) in [7, 11) is 1.59. The van der Waals surface area contributed by atoms with Gasteiger partial charge in [-0.2, -0.15) is 10.1 Å². The first kappa shape index (κ1) is 23.4. The van der Waals surface area contributed by atoms with Crippen LogP contribution >= 0.6 is 24.0 Å². The molecule has 1 heterocycles. The molecule has 1 amide bonds. The number of halogens is 2. The minimum atomic E-state index is -0.161. The van der Waals surface area contributed by atoms with Crippen molar-refractivity contribution < 1.29 is 14.3 Å². The van der Waals surface area contributed by atoms with Crippen molar-refractivity contribution in [1.29, 1.82) is 0 Å². The summed E-state index contributed by atoms with van der Waals surface area (Å²) in [5.41, 5.74) is 3.76. The number of para-hydroxylation sites is 1. The first-order chi connectivity index (χ1) is 15.0. The van der Waals surface area contributed by atoms with E-state index >= 15 is 0 Å². The highest BCUT2D eigenvalue weighted by Crippen LogP contribution is 2.31. The predicted molar refractivity (Wildman–Crippen MR) is 131 cm³/mol. The molecule has 0 radical (unpaired) electrons. The molecule has 3 aromatic rings. The SMILES string of the molecule is COc1cc(/C=C2\C(=O)N(c3ccccc3)N=C2C)ccc1OCc1ccc(Cl)cc1.Cl. The Morgan fingerprint density at radius 1 is 1.00 bits per heavy atom. The highest BCUT2D eigenvalue weighted by molar-refractivity contribution is 6.32. The van der Waals surface area contributed by atoms with E-state index in [9.17, 15) is 4.79 Å². The first-order valence-corrected chi connectivity index (χ1v) is 10.1. The Kier molecular flexibility index (Phi) is 7.57. The van der Waals surface area contributed by atoms with Crippen molar-refractivity contribution in [2.75, 3.05) is 12.1 Å². The van der Waals surface area contributed by atoms with E-state index < -0.39 is 0 Å². The monoisotopic (exact) mass is 468 g/mol. The molecule has 0 unspecified atom stereocenters. The molecule has 3 aromatic carbocycles. The fourth-order valence-corrected chi connectivity index (χ4v) is 3.36. The summed E-state index contributed by atoms with van der Waals surface area (Å²) >= 11 is 5.93. The van der Waals surface area contributed by atoms with Gasteiger partial charge in [-0.15, -0.1) is 12.4 Å². The average Bonchev–Trinajstić information content (AvgIpc) is 3.08. The largest absolute Gasteiger partial charge is 0.493 e. The third-order valence-corrected chi connectivity index (χ3v) is 5.12. The van der Waals surface area contributed by atoms with Gasteiger partial charge < -0.3 is 9.47 Å². The van der Waals surface area contributed by atoms with Crippen LogP contribution in [0.2, 0.25) is 5.02 Å². The molecular formula is C25H22Cl2N2O3. The molecule has 0 saturated carbocycles. The van der Waals surface area contributed by atoms with Gasteiger partial charge in [0, 0.05) is 5.02 Å². The molecule has 4 rings (SSSR count). The van der Waals surface area contributed by atoms with Crippen LogP contribution in [0.4, 0.5) is 5.69 Å². The number of benzene rings is 3. The molecule has 0 bridgehead atoms. The zero-order valence-electron chi connectivity index (χ0n) is 17.6. The normalized spacial score (nSPS) is 14.2. The highest BCUT2D eigenvalue weighted by atomic mass is 35.5. The molecule has 0 spiro atoms. The lowest BCUT2D eigenvalue weighted by molar-refractivity contribution is -0.114. The molecule has 0 aromatic heterocycles. The van der Waals surface area contributed by atoms with E-state index in [1.165, 1.54) is 5.01 Å². The summed E-state index contributed by atoms with van der Waals surface area (Å²) in [6.07, 6.45) is 1.82. The van der Waals surface area contributed by atoms with Crippen molar-refractivity contribution in [3.8, 4) is 11.5 Å². The minimum absolute atomic E-state index is 0. The number of ether oxygens (including phenoxy) is 2. The van der Waals surface area contributed by atoms with Crippen molar-refractivity contribution in [2.24, 2.45) is 5.10 Å². The van der Waals surface area contributed by atoms with Gasteiger partial charge in [-0.25, -0.2) is 0 Å². The summed E-state index contributed by atoms with van der Waals surface area (Å²) < 4.78 is 11.4. The maximum absolute atomic E-state index is 12.9. The third kappa shape index (κ3) is 5.13. The summed E-state index contributed by atoms with van der Waals surface area (Å²) in [5.74, 6) is 1.04. The van der Waals surface area contributed by atoms with E-state index in [1.54, 1.807) is 7.11 Å². The van der Waals surface area contributed by atoms with E-state index in [0.717, 1.165) is 16.8 Å². The van der Waals surface area contributed by atoms with Crippen LogP contribution in [-0.2, 0) is 11.4 Å². The number of hydrazone groups is 1. The van der Waals surface area contributed by atoms with Crippen molar-refractivity contribution in [1.82, 2.24) is 0 Å². The topological polar surface area (TPSA) is 51.1 Å². The number of carbonyl (C=O) groups excluding carboxylic acids is 1. The number of methoxy groups -OCH3 is 1. The average molecular weight is 469 g/mol. The predicted octanol–water partition coefficient (Wildman–Crippen LogP) is 6.16. The summed E-state index contributed by atoms with van der Waals surface area (Å²) in [5, 5.41) is 6.52. The van der Waals surface area contributed by atoms with Gasteiger partial charge in [0.05, 0.1) is 24.1 Å². The molecule has 0 aliphatic carbocycles. The molecule has 1 aliphatic heterocycles. The van der Waals surface area contributed by atoms with Crippen molar-refractivity contribution in [3.63, 3.8) is 0 Å². The number of nitrogens with zero attached hydrogens (tertiary/aromatic N) is 2. The minimum Gasteiger partial charge on any atom is -0.493 e. The summed E-state index contributed by atoms with van der Waals surface area (Å²) in [6.45, 7) is 2.22. The van der Waals surface area contributed by atoms with E-state index in [0.29, 0.717) is 34.4 Å². The van der Waals surface area contributed by atoms with Gasteiger partial charge in [-0.05, 0) is 60.5 Å². The van der Waals surface area contributed by atoms with Crippen molar-refractivity contribution in [3.05, 3.63) is 94.5 Å². The Labute approximate surface area is 198 Å². The molecule has 0 atom stereocenters. The number of hydrogen-bond donors (Lipinski definition) is 0. The van der Waals surface area contributed by atoms with Crippen LogP contribution in [0.15, 0.2) is 83.5 Å². The molecule has 0 saturated heterocycles. The lowest BCUT2D eigenvalue weighted by Crippen LogP contribution is -2.21. The maximum Gasteiger partial charge on any atom is 0.280 e. The molecule has 7 heteroatoms. The number of hydrogen-bond acceptors (Lipinski definition) is 4. The number of rotatable bonds is 6. The van der Waals surface area contributed by atoms with Crippen LogP contribution in [0.25, 0.3) is 6.08 Å². The van der Waals surface area contributed by atoms with Gasteiger partial charge in [0.15, 0.2) is 11.5 Å². The third-order valence-electron chi connectivity index (χ3n) is 4.87. The Bertz CT molecular complexity index is 1160. The van der Waals surface area contributed by atoms with Gasteiger partial charge in [0.2, 0.25) is 0 Å². The van der Waals surface area contributed by atoms with Crippen LogP contribution in [0.3, 0.4) is 0 Å². The Balaban J connectivity index is 0.00000289. The molecule has 5 nitrogen and oxygen atoms in total. The van der Waals surface area contributed by atoms with Gasteiger partial charge in [-0.3, -0.25) is 4.79 Å². The zero-order valence-corrected chi connectivity index (χ0v) is 19.2. The fraction of sp³-hybridized carbons (Fsp3) is 0.120. The smallest absolute Gasteiger partial charge is 0.280 e. The molecule has 0 fully saturated rings. The maximum atomic E-state index is 12.9. The highest BCUT2D eigenvalue weighted by Gasteiger charge is 2.28. The van der Waals surface area contributed by atoms with Crippen molar-refractivity contribution >= 4 is 47.4 Å². The fourth-order valence-electron chi connectivity index (χ4n) is 3.23. The van der Waals surface area contributed by atoms with Gasteiger partial charge in [0.25, 0.3) is 5.91 Å². The van der Waals surface area contributed by atoms with E-state index in [1.807, 2.05) is 85.8 Å². The summed E-state index contributed by atoms with van der Waals surface area (Å²) in [6, 6.07) is 22.4. The van der Waals surface area contributed by atoms with E-state index in [-0.39, 0.29) is 18.3 Å². The van der Waals surface area contributed by atoms with E-state index in [4.69, 9.17) is 21.1 Å². The van der Waals surface area contributed by atoms with Crippen LogP contribution in [0, 0.1) is 0 Å². The van der Waals surface area contributed by atoms with Gasteiger partial charge in [0.1, 0.15) is 6.61 Å². The Morgan fingerprint density at radius 2 is 1.72 bits per heavy atom. The van der Waals surface area contributed by atoms with Crippen LogP contribution in [0.1, 0.15) is 18.1 Å². The van der Waals surface area contributed by atoms with E-state index in [2.05, 4.69) is 5.10 Å². The second-order valence-electron chi connectivity index (χ2n) is 7.02. The molecule has 32 heavy (non-hydrogen) atoms. The van der Waals surface area contributed by atoms with Crippen molar-refractivity contribution in [2.45, 2.75) is 13.5 Å².